The van der Waals surface area contributed by atoms with Crippen molar-refractivity contribution >= 4 is 5.82 Å². The van der Waals surface area contributed by atoms with Gasteiger partial charge in [-0.15, -0.1) is 0 Å². The molecule has 1 aromatic heterocycles. The highest BCUT2D eigenvalue weighted by Crippen LogP contribution is 2.57. The number of aromatic nitrogens is 2. The average Bonchev–Trinajstić information content (AvgIpc) is 2.99. The first-order valence-electron chi connectivity index (χ1n) is 5.70. The Bertz CT molecular complexity index is 407. The molecule has 3 heteroatoms. The molecule has 1 atom stereocenters. The summed E-state index contributed by atoms with van der Waals surface area (Å²) in [6.45, 7) is 4.53. The Morgan fingerprint density at radius 3 is 2.53 bits per heavy atom. The summed E-state index contributed by atoms with van der Waals surface area (Å²) in [6.07, 6.45) is 3.73. The summed E-state index contributed by atoms with van der Waals surface area (Å²) >= 11 is 0. The molecule has 0 aromatic carbocycles. The molecule has 2 saturated carbocycles. The maximum atomic E-state index is 5.83. The second-order valence-electron chi connectivity index (χ2n) is 5.60. The van der Waals surface area contributed by atoms with Crippen molar-refractivity contribution in [2.45, 2.75) is 44.9 Å². The molecule has 0 saturated heterocycles. The van der Waals surface area contributed by atoms with Gasteiger partial charge < -0.3 is 5.73 Å². The van der Waals surface area contributed by atoms with Crippen molar-refractivity contribution in [3.63, 3.8) is 0 Å². The lowest BCUT2D eigenvalue weighted by molar-refractivity contribution is 0.607. The maximum absolute atomic E-state index is 5.83. The molecule has 15 heavy (non-hydrogen) atoms. The summed E-state index contributed by atoms with van der Waals surface area (Å²) in [5.74, 6) is 2.81. The van der Waals surface area contributed by atoms with E-state index in [4.69, 9.17) is 5.73 Å². The number of nitrogens with zero attached hydrogens (tertiary/aromatic N) is 2. The number of nitrogens with two attached hydrogens (primary N) is 1. The second kappa shape index (κ2) is 2.71. The molecule has 1 heterocycles. The van der Waals surface area contributed by atoms with Crippen molar-refractivity contribution in [1.82, 2.24) is 9.97 Å². The standard InChI is InChI=1S/C12H17N3/c1-12(2)6-8(12)11-14-9(7-3-4-7)5-10(13)15-11/h5,7-8H,3-4,6H2,1-2H3,(H2,13,14,15). The number of nitrogen functional groups attached to an aromatic ring is 1. The lowest BCUT2D eigenvalue weighted by Crippen LogP contribution is -2.03. The van der Waals surface area contributed by atoms with Crippen LogP contribution in [0, 0.1) is 5.41 Å². The first-order valence-corrected chi connectivity index (χ1v) is 5.70. The van der Waals surface area contributed by atoms with Crippen LogP contribution in [0.5, 0.6) is 0 Å². The third-order valence-electron chi connectivity index (χ3n) is 3.60. The SMILES string of the molecule is CC1(C)CC1c1nc(N)cc(C2CC2)n1. The lowest BCUT2D eigenvalue weighted by atomic mass is 10.1. The van der Waals surface area contributed by atoms with Gasteiger partial charge in [-0.25, -0.2) is 9.97 Å². The highest BCUT2D eigenvalue weighted by Gasteiger charge is 2.48. The van der Waals surface area contributed by atoms with E-state index in [0.717, 1.165) is 5.82 Å². The van der Waals surface area contributed by atoms with E-state index < -0.39 is 0 Å². The molecule has 3 nitrogen and oxygen atoms in total. The van der Waals surface area contributed by atoms with Gasteiger partial charge in [0.15, 0.2) is 0 Å². The third-order valence-corrected chi connectivity index (χ3v) is 3.60. The minimum absolute atomic E-state index is 0.384. The highest BCUT2D eigenvalue weighted by atomic mass is 15.0. The van der Waals surface area contributed by atoms with E-state index in [1.54, 1.807) is 0 Å². The van der Waals surface area contributed by atoms with Crippen LogP contribution in [0.1, 0.15) is 56.5 Å². The van der Waals surface area contributed by atoms with Crippen LogP contribution in [0.2, 0.25) is 0 Å². The molecule has 0 amide bonds. The fraction of sp³-hybridized carbons (Fsp3) is 0.667. The first-order chi connectivity index (χ1) is 7.06. The van der Waals surface area contributed by atoms with Gasteiger partial charge in [0.2, 0.25) is 0 Å². The molecule has 1 unspecified atom stereocenters. The summed E-state index contributed by atoms with van der Waals surface area (Å²) in [5, 5.41) is 0. The average molecular weight is 203 g/mol. The van der Waals surface area contributed by atoms with E-state index in [-0.39, 0.29) is 0 Å². The van der Waals surface area contributed by atoms with Gasteiger partial charge in [0, 0.05) is 23.6 Å². The molecule has 0 radical (unpaired) electrons. The molecule has 0 aliphatic heterocycles. The molecule has 80 valence electrons. The van der Waals surface area contributed by atoms with E-state index in [9.17, 15) is 0 Å². The van der Waals surface area contributed by atoms with Crippen molar-refractivity contribution in [3.05, 3.63) is 17.6 Å². The van der Waals surface area contributed by atoms with Crippen molar-refractivity contribution in [2.24, 2.45) is 5.41 Å². The predicted molar refractivity (Wildman–Crippen MR) is 59.6 cm³/mol. The van der Waals surface area contributed by atoms with Crippen molar-refractivity contribution in [2.75, 3.05) is 5.73 Å². The highest BCUT2D eigenvalue weighted by molar-refractivity contribution is 5.35. The minimum Gasteiger partial charge on any atom is -0.384 e. The molecule has 2 N–H and O–H groups in total. The quantitative estimate of drug-likeness (QED) is 0.803. The zero-order valence-electron chi connectivity index (χ0n) is 9.33. The Labute approximate surface area is 90.1 Å². The Morgan fingerprint density at radius 2 is 2.00 bits per heavy atom. The Kier molecular flexibility index (Phi) is 1.65. The van der Waals surface area contributed by atoms with Crippen LogP contribution < -0.4 is 5.73 Å². The van der Waals surface area contributed by atoms with E-state index in [0.29, 0.717) is 23.1 Å². The fourth-order valence-electron chi connectivity index (χ4n) is 2.16. The number of hydrogen-bond acceptors (Lipinski definition) is 3. The zero-order chi connectivity index (χ0) is 10.6. The van der Waals surface area contributed by atoms with Crippen molar-refractivity contribution in [1.29, 1.82) is 0 Å². The molecule has 2 aliphatic carbocycles. The van der Waals surface area contributed by atoms with Gasteiger partial charge in [0.05, 0.1) is 0 Å². The fourth-order valence-corrected chi connectivity index (χ4v) is 2.16. The monoisotopic (exact) mass is 203 g/mol. The smallest absolute Gasteiger partial charge is 0.134 e. The topological polar surface area (TPSA) is 51.8 Å². The number of anilines is 1. The van der Waals surface area contributed by atoms with Crippen molar-refractivity contribution < 1.29 is 0 Å². The second-order valence-corrected chi connectivity index (χ2v) is 5.60. The van der Waals surface area contributed by atoms with E-state index in [2.05, 4.69) is 23.8 Å². The molecular weight excluding hydrogens is 186 g/mol. The molecule has 0 spiro atoms. The van der Waals surface area contributed by atoms with Crippen LogP contribution in [0.15, 0.2) is 6.07 Å². The van der Waals surface area contributed by atoms with Crippen molar-refractivity contribution in [3.8, 4) is 0 Å². The van der Waals surface area contributed by atoms with E-state index in [1.807, 2.05) is 6.07 Å². The Morgan fingerprint density at radius 1 is 1.33 bits per heavy atom. The molecule has 0 bridgehead atoms. The van der Waals surface area contributed by atoms with Gasteiger partial charge in [-0.05, 0) is 24.7 Å². The Balaban J connectivity index is 1.94. The van der Waals surface area contributed by atoms with Gasteiger partial charge in [0.1, 0.15) is 11.6 Å². The normalized spacial score (nSPS) is 27.7. The van der Waals surface area contributed by atoms with E-state index >= 15 is 0 Å². The number of hydrogen-bond donors (Lipinski definition) is 1. The van der Waals surface area contributed by atoms with Crippen LogP contribution in [0.3, 0.4) is 0 Å². The molecule has 2 aliphatic rings. The predicted octanol–water partition coefficient (Wildman–Crippen LogP) is 2.45. The first kappa shape index (κ1) is 9.13. The van der Waals surface area contributed by atoms with Crippen LogP contribution in [-0.4, -0.2) is 9.97 Å². The third kappa shape index (κ3) is 1.60. The molecule has 3 rings (SSSR count). The summed E-state index contributed by atoms with van der Waals surface area (Å²) in [7, 11) is 0. The van der Waals surface area contributed by atoms with Crippen LogP contribution in [0.4, 0.5) is 5.82 Å². The molecule has 2 fully saturated rings. The summed E-state index contributed by atoms with van der Waals surface area (Å²) in [6, 6.07) is 1.94. The van der Waals surface area contributed by atoms with E-state index in [1.165, 1.54) is 25.0 Å². The minimum atomic E-state index is 0.384. The Hall–Kier alpha value is -1.12. The van der Waals surface area contributed by atoms with Crippen LogP contribution >= 0.6 is 0 Å². The molecule has 1 aromatic rings. The van der Waals surface area contributed by atoms with Gasteiger partial charge in [0.25, 0.3) is 0 Å². The largest absolute Gasteiger partial charge is 0.384 e. The van der Waals surface area contributed by atoms with Crippen LogP contribution in [-0.2, 0) is 0 Å². The summed E-state index contributed by atoms with van der Waals surface area (Å²) < 4.78 is 0. The maximum Gasteiger partial charge on any atom is 0.134 e. The van der Waals surface area contributed by atoms with Gasteiger partial charge >= 0.3 is 0 Å². The van der Waals surface area contributed by atoms with Gasteiger partial charge in [-0.2, -0.15) is 0 Å². The lowest BCUT2D eigenvalue weighted by Gasteiger charge is -2.06. The molecular formula is C12H17N3. The number of rotatable bonds is 2. The summed E-state index contributed by atoms with van der Waals surface area (Å²) in [4.78, 5) is 9.03. The summed E-state index contributed by atoms with van der Waals surface area (Å²) in [5.41, 5.74) is 7.38. The van der Waals surface area contributed by atoms with Gasteiger partial charge in [-0.1, -0.05) is 13.8 Å². The zero-order valence-corrected chi connectivity index (χ0v) is 9.33. The van der Waals surface area contributed by atoms with Gasteiger partial charge in [-0.3, -0.25) is 0 Å². The van der Waals surface area contributed by atoms with Crippen LogP contribution in [0.25, 0.3) is 0 Å².